The van der Waals surface area contributed by atoms with Crippen LogP contribution in [0.2, 0.25) is 0 Å². The molecule has 5 aromatic rings. The van der Waals surface area contributed by atoms with E-state index in [-0.39, 0.29) is 11.4 Å². The maximum absolute atomic E-state index is 14.0. The summed E-state index contributed by atoms with van der Waals surface area (Å²) in [7, 11) is 0. The minimum absolute atomic E-state index is 0.108. The van der Waals surface area contributed by atoms with Gasteiger partial charge in [-0.05, 0) is 35.7 Å². The summed E-state index contributed by atoms with van der Waals surface area (Å²) in [6.45, 7) is 1.05. The summed E-state index contributed by atoms with van der Waals surface area (Å²) in [5, 5.41) is 0.660. The van der Waals surface area contributed by atoms with Crippen molar-refractivity contribution in [2.45, 2.75) is 19.5 Å². The number of aromatic nitrogens is 3. The lowest BCUT2D eigenvalue weighted by Gasteiger charge is -2.09. The lowest BCUT2D eigenvalue weighted by atomic mass is 10.1. The van der Waals surface area contributed by atoms with Gasteiger partial charge in [-0.3, -0.25) is 9.36 Å². The first-order valence-electron chi connectivity index (χ1n) is 9.95. The number of nitrogens with zero attached hydrogens (tertiary/aromatic N) is 3. The van der Waals surface area contributed by atoms with Crippen molar-refractivity contribution in [3.63, 3.8) is 0 Å². The third-order valence-electron chi connectivity index (χ3n) is 5.46. The molecule has 0 radical (unpaired) electrons. The van der Waals surface area contributed by atoms with Crippen molar-refractivity contribution < 1.29 is 4.39 Å². The highest BCUT2D eigenvalue weighted by Crippen LogP contribution is 2.27. The first-order valence-corrected chi connectivity index (χ1v) is 9.95. The monoisotopic (exact) mass is 397 g/mol. The minimum Gasteiger partial charge on any atom is -0.330 e. The highest BCUT2D eigenvalue weighted by Gasteiger charge is 2.17. The molecule has 148 valence electrons. The van der Waals surface area contributed by atoms with Crippen molar-refractivity contribution in [3.8, 4) is 0 Å². The van der Waals surface area contributed by atoms with E-state index in [9.17, 15) is 9.18 Å². The number of hydrogen-bond donors (Lipinski definition) is 0. The maximum Gasteiger partial charge on any atom is 0.277 e. The first kappa shape index (κ1) is 18.3. The summed E-state index contributed by atoms with van der Waals surface area (Å²) < 4.78 is 17.6. The molecule has 0 bridgehead atoms. The minimum atomic E-state index is -0.337. The van der Waals surface area contributed by atoms with Gasteiger partial charge in [0.15, 0.2) is 0 Å². The van der Waals surface area contributed by atoms with E-state index in [1.165, 1.54) is 12.1 Å². The summed E-state index contributed by atoms with van der Waals surface area (Å²) in [5.74, 6) is -0.337. The van der Waals surface area contributed by atoms with Gasteiger partial charge in [0.2, 0.25) is 0 Å². The normalized spacial score (nSPS) is 11.4. The zero-order chi connectivity index (χ0) is 20.5. The van der Waals surface area contributed by atoms with Crippen LogP contribution in [-0.2, 0) is 19.5 Å². The molecule has 4 nitrogen and oxygen atoms in total. The van der Waals surface area contributed by atoms with Gasteiger partial charge in [-0.1, -0.05) is 60.7 Å². The lowest BCUT2D eigenvalue weighted by molar-refractivity contribution is 0.629. The highest BCUT2D eigenvalue weighted by atomic mass is 19.1. The predicted octanol–water partition coefficient (Wildman–Crippen LogP) is 4.78. The second kappa shape index (κ2) is 7.59. The van der Waals surface area contributed by atoms with Gasteiger partial charge in [0.1, 0.15) is 16.9 Å². The zero-order valence-electron chi connectivity index (χ0n) is 16.3. The lowest BCUT2D eigenvalue weighted by Crippen LogP contribution is -2.23. The van der Waals surface area contributed by atoms with E-state index in [2.05, 4.69) is 4.98 Å². The summed E-state index contributed by atoms with van der Waals surface area (Å²) in [5.41, 5.74) is 3.98. The Bertz CT molecular complexity index is 1390. The summed E-state index contributed by atoms with van der Waals surface area (Å²) in [6, 6.07) is 24.6. The fourth-order valence-electron chi connectivity index (χ4n) is 3.96. The largest absolute Gasteiger partial charge is 0.330 e. The molecule has 0 N–H and O–H groups in total. The van der Waals surface area contributed by atoms with Gasteiger partial charge in [-0.2, -0.15) is 0 Å². The zero-order valence-corrected chi connectivity index (χ0v) is 16.3. The average Bonchev–Trinajstić information content (AvgIpc) is 3.08. The van der Waals surface area contributed by atoms with E-state index in [1.54, 1.807) is 17.0 Å². The Hall–Kier alpha value is -3.73. The van der Waals surface area contributed by atoms with E-state index in [0.29, 0.717) is 29.5 Å². The van der Waals surface area contributed by atoms with Gasteiger partial charge in [0, 0.05) is 18.5 Å². The third-order valence-corrected chi connectivity index (χ3v) is 5.46. The van der Waals surface area contributed by atoms with Crippen molar-refractivity contribution in [2.24, 2.45) is 0 Å². The Kier molecular flexibility index (Phi) is 4.64. The van der Waals surface area contributed by atoms with Crippen LogP contribution < -0.4 is 5.56 Å². The molecule has 5 heteroatoms. The Morgan fingerprint density at radius 1 is 0.867 bits per heavy atom. The van der Waals surface area contributed by atoms with Crippen molar-refractivity contribution in [1.29, 1.82) is 0 Å². The molecule has 2 heterocycles. The van der Waals surface area contributed by atoms with Crippen LogP contribution in [0, 0.1) is 5.82 Å². The molecular formula is C25H20FN3O. The molecular weight excluding hydrogens is 377 g/mol. The van der Waals surface area contributed by atoms with Gasteiger partial charge in [0.25, 0.3) is 5.56 Å². The van der Waals surface area contributed by atoms with Gasteiger partial charge < -0.3 is 4.57 Å². The van der Waals surface area contributed by atoms with Crippen LogP contribution in [0.15, 0.2) is 90.0 Å². The maximum atomic E-state index is 14.0. The number of halogens is 1. The van der Waals surface area contributed by atoms with Crippen LogP contribution in [0.1, 0.15) is 11.1 Å². The number of rotatable bonds is 5. The standard InChI is InChI=1S/C25H20FN3O/c26-20-11-12-22-21(15-20)23-24(29(22)16-19-9-5-2-6-10-19)25(30)28(17-27-23)14-13-18-7-3-1-4-8-18/h1-12,15,17H,13-14,16H2. The molecule has 0 aliphatic carbocycles. The molecule has 0 saturated carbocycles. The molecule has 0 amide bonds. The van der Waals surface area contributed by atoms with Crippen molar-refractivity contribution >= 4 is 21.9 Å². The second-order valence-corrected chi connectivity index (χ2v) is 7.41. The first-order chi connectivity index (χ1) is 14.7. The smallest absolute Gasteiger partial charge is 0.277 e. The molecule has 0 spiro atoms. The van der Waals surface area contributed by atoms with Crippen molar-refractivity contribution in [1.82, 2.24) is 14.1 Å². The number of hydrogen-bond acceptors (Lipinski definition) is 2. The van der Waals surface area contributed by atoms with E-state index >= 15 is 0 Å². The SMILES string of the molecule is O=c1c2c(ncn1CCc1ccccc1)c1cc(F)ccc1n2Cc1ccccc1. The molecule has 0 saturated heterocycles. The second-order valence-electron chi connectivity index (χ2n) is 7.41. The quantitative estimate of drug-likeness (QED) is 0.428. The molecule has 0 aliphatic rings. The fourth-order valence-corrected chi connectivity index (χ4v) is 3.96. The number of benzene rings is 3. The summed E-state index contributed by atoms with van der Waals surface area (Å²) in [4.78, 5) is 18.0. The van der Waals surface area contributed by atoms with E-state index < -0.39 is 0 Å². The summed E-state index contributed by atoms with van der Waals surface area (Å²) >= 11 is 0. The Labute approximate surface area is 172 Å². The van der Waals surface area contributed by atoms with Gasteiger partial charge in [0.05, 0.1) is 11.8 Å². The number of aryl methyl sites for hydroxylation is 2. The van der Waals surface area contributed by atoms with Crippen LogP contribution in [0.4, 0.5) is 4.39 Å². The molecule has 5 rings (SSSR count). The highest BCUT2D eigenvalue weighted by molar-refractivity contribution is 6.05. The molecule has 30 heavy (non-hydrogen) atoms. The molecule has 3 aromatic carbocycles. The van der Waals surface area contributed by atoms with Crippen LogP contribution in [0.25, 0.3) is 21.9 Å². The summed E-state index contributed by atoms with van der Waals surface area (Å²) in [6.07, 6.45) is 2.31. The van der Waals surface area contributed by atoms with Gasteiger partial charge in [-0.15, -0.1) is 0 Å². The van der Waals surface area contributed by atoms with Crippen LogP contribution in [-0.4, -0.2) is 14.1 Å². The molecule has 0 unspecified atom stereocenters. The van der Waals surface area contributed by atoms with E-state index in [0.717, 1.165) is 23.1 Å². The van der Waals surface area contributed by atoms with Gasteiger partial charge >= 0.3 is 0 Å². The third kappa shape index (κ3) is 3.28. The molecule has 0 aliphatic heterocycles. The van der Waals surface area contributed by atoms with Gasteiger partial charge in [-0.25, -0.2) is 9.37 Å². The Balaban J connectivity index is 1.66. The van der Waals surface area contributed by atoms with Crippen molar-refractivity contribution in [3.05, 3.63) is 112 Å². The topological polar surface area (TPSA) is 39.8 Å². The van der Waals surface area contributed by atoms with E-state index in [1.807, 2.05) is 65.2 Å². The van der Waals surface area contributed by atoms with Crippen molar-refractivity contribution in [2.75, 3.05) is 0 Å². The fraction of sp³-hybridized carbons (Fsp3) is 0.120. The average molecular weight is 397 g/mol. The van der Waals surface area contributed by atoms with Crippen LogP contribution in [0.5, 0.6) is 0 Å². The molecule has 0 atom stereocenters. The van der Waals surface area contributed by atoms with E-state index in [4.69, 9.17) is 0 Å². The van der Waals surface area contributed by atoms with Crippen LogP contribution >= 0.6 is 0 Å². The Morgan fingerprint density at radius 3 is 2.30 bits per heavy atom. The predicted molar refractivity (Wildman–Crippen MR) is 117 cm³/mol. The van der Waals surface area contributed by atoms with Crippen LogP contribution in [0.3, 0.4) is 0 Å². The Morgan fingerprint density at radius 2 is 1.57 bits per heavy atom. The molecule has 0 fully saturated rings. The molecule has 2 aromatic heterocycles. The number of fused-ring (bicyclic) bond motifs is 3.